The molecule has 0 aliphatic carbocycles. The average molecular weight is 402 g/mol. The highest BCUT2D eigenvalue weighted by Gasteiger charge is 2.13. The molecule has 0 radical (unpaired) electrons. The van der Waals surface area contributed by atoms with Crippen molar-refractivity contribution < 1.29 is 28.3 Å². The molecular weight excluding hydrogens is 384 g/mol. The number of esters is 1. The maximum atomic E-state index is 12.2. The van der Waals surface area contributed by atoms with E-state index in [2.05, 4.69) is 10.5 Å². The van der Waals surface area contributed by atoms with E-state index < -0.39 is 11.9 Å². The molecule has 3 aromatic rings. The minimum atomic E-state index is -0.594. The van der Waals surface area contributed by atoms with E-state index in [0.717, 1.165) is 4.88 Å². The van der Waals surface area contributed by atoms with E-state index in [0.29, 0.717) is 28.5 Å². The third kappa shape index (κ3) is 4.89. The Morgan fingerprint density at radius 1 is 1.14 bits per heavy atom. The standard InChI is InChI=1S/C19H18N2O6S/c1-24-14-6-12(7-15(9-14)25-2)19(23)20-10-18(22)26-11-13-8-16(27-21-13)17-4-3-5-28-17/h3-9H,10-11H2,1-2H3,(H,20,23). The lowest BCUT2D eigenvalue weighted by Gasteiger charge is -2.09. The number of nitrogens with zero attached hydrogens (tertiary/aromatic N) is 1. The number of carbonyl (C=O) groups excluding carboxylic acids is 2. The number of aromatic nitrogens is 1. The van der Waals surface area contributed by atoms with Crippen molar-refractivity contribution >= 4 is 23.2 Å². The summed E-state index contributed by atoms with van der Waals surface area (Å²) in [6.07, 6.45) is 0. The molecular formula is C19H18N2O6S. The van der Waals surface area contributed by atoms with Crippen LogP contribution < -0.4 is 14.8 Å². The second-order valence-electron chi connectivity index (χ2n) is 5.60. The van der Waals surface area contributed by atoms with Gasteiger partial charge in [-0.25, -0.2) is 0 Å². The third-order valence-electron chi connectivity index (χ3n) is 3.71. The molecule has 2 heterocycles. The molecule has 0 spiro atoms. The first-order valence-corrected chi connectivity index (χ1v) is 9.13. The molecule has 1 N–H and O–H groups in total. The van der Waals surface area contributed by atoms with Gasteiger partial charge in [-0.05, 0) is 23.6 Å². The van der Waals surface area contributed by atoms with E-state index in [9.17, 15) is 9.59 Å². The molecule has 0 atom stereocenters. The first kappa shape index (κ1) is 19.4. The highest BCUT2D eigenvalue weighted by atomic mass is 32.1. The van der Waals surface area contributed by atoms with Gasteiger partial charge in [0.25, 0.3) is 5.91 Å². The Kier molecular flexibility index (Phi) is 6.28. The van der Waals surface area contributed by atoms with Crippen LogP contribution in [0.4, 0.5) is 0 Å². The molecule has 3 rings (SSSR count). The van der Waals surface area contributed by atoms with E-state index in [1.807, 2.05) is 17.5 Å². The molecule has 9 heteroatoms. The second kappa shape index (κ2) is 9.05. The smallest absolute Gasteiger partial charge is 0.325 e. The Balaban J connectivity index is 1.50. The van der Waals surface area contributed by atoms with Gasteiger partial charge in [-0.15, -0.1) is 11.3 Å². The highest BCUT2D eigenvalue weighted by Crippen LogP contribution is 2.25. The Morgan fingerprint density at radius 2 is 1.89 bits per heavy atom. The van der Waals surface area contributed by atoms with Gasteiger partial charge in [-0.2, -0.15) is 0 Å². The van der Waals surface area contributed by atoms with E-state index in [-0.39, 0.29) is 13.2 Å². The van der Waals surface area contributed by atoms with Gasteiger partial charge in [0.1, 0.15) is 30.3 Å². The summed E-state index contributed by atoms with van der Waals surface area (Å²) in [6.45, 7) is -0.329. The lowest BCUT2D eigenvalue weighted by atomic mass is 10.2. The van der Waals surface area contributed by atoms with Crippen molar-refractivity contribution in [1.82, 2.24) is 10.5 Å². The summed E-state index contributed by atoms with van der Waals surface area (Å²) in [4.78, 5) is 25.1. The van der Waals surface area contributed by atoms with E-state index in [4.69, 9.17) is 18.7 Å². The summed E-state index contributed by atoms with van der Waals surface area (Å²) in [5, 5.41) is 8.29. The average Bonchev–Trinajstić information content (AvgIpc) is 3.41. The minimum absolute atomic E-state index is 0.0451. The number of ether oxygens (including phenoxy) is 3. The van der Waals surface area contributed by atoms with Crippen LogP contribution in [-0.4, -0.2) is 37.8 Å². The van der Waals surface area contributed by atoms with Crippen molar-refractivity contribution in [3.8, 4) is 22.1 Å². The lowest BCUT2D eigenvalue weighted by Crippen LogP contribution is -2.30. The third-order valence-corrected chi connectivity index (χ3v) is 4.60. The maximum absolute atomic E-state index is 12.2. The first-order chi connectivity index (χ1) is 13.6. The second-order valence-corrected chi connectivity index (χ2v) is 6.55. The molecule has 0 unspecified atom stereocenters. The lowest BCUT2D eigenvalue weighted by molar-refractivity contribution is -0.143. The molecule has 0 saturated heterocycles. The van der Waals surface area contributed by atoms with Crippen molar-refractivity contribution in [1.29, 1.82) is 0 Å². The van der Waals surface area contributed by atoms with Gasteiger partial charge in [-0.1, -0.05) is 11.2 Å². The molecule has 146 valence electrons. The number of hydrogen-bond acceptors (Lipinski definition) is 8. The van der Waals surface area contributed by atoms with Crippen molar-refractivity contribution in [2.75, 3.05) is 20.8 Å². The van der Waals surface area contributed by atoms with Crippen molar-refractivity contribution in [2.24, 2.45) is 0 Å². The monoisotopic (exact) mass is 402 g/mol. The van der Waals surface area contributed by atoms with Gasteiger partial charge in [0, 0.05) is 17.7 Å². The topological polar surface area (TPSA) is 99.9 Å². The molecule has 0 bridgehead atoms. The fourth-order valence-electron chi connectivity index (χ4n) is 2.31. The first-order valence-electron chi connectivity index (χ1n) is 8.25. The zero-order chi connectivity index (χ0) is 19.9. The summed E-state index contributed by atoms with van der Waals surface area (Å²) in [5.74, 6) is 0.514. The van der Waals surface area contributed by atoms with Crippen molar-refractivity contribution in [3.05, 3.63) is 53.0 Å². The van der Waals surface area contributed by atoms with Crippen LogP contribution in [0.1, 0.15) is 16.1 Å². The van der Waals surface area contributed by atoms with Crippen LogP contribution >= 0.6 is 11.3 Å². The Bertz CT molecular complexity index is 929. The van der Waals surface area contributed by atoms with Crippen LogP contribution in [0.5, 0.6) is 11.5 Å². The molecule has 0 fully saturated rings. The predicted octanol–water partition coefficient (Wildman–Crippen LogP) is 2.89. The van der Waals surface area contributed by atoms with Crippen molar-refractivity contribution in [2.45, 2.75) is 6.61 Å². The predicted molar refractivity (Wildman–Crippen MR) is 101 cm³/mol. The Morgan fingerprint density at radius 3 is 2.54 bits per heavy atom. The summed E-state index contributed by atoms with van der Waals surface area (Å²) < 4.78 is 20.6. The number of hydrogen-bond donors (Lipinski definition) is 1. The molecule has 0 saturated carbocycles. The molecule has 2 aromatic heterocycles. The SMILES string of the molecule is COc1cc(OC)cc(C(=O)NCC(=O)OCc2cc(-c3cccs3)on2)c1. The van der Waals surface area contributed by atoms with Crippen LogP contribution in [-0.2, 0) is 16.1 Å². The van der Waals surface area contributed by atoms with Gasteiger partial charge in [0.15, 0.2) is 5.76 Å². The number of amides is 1. The molecule has 8 nitrogen and oxygen atoms in total. The van der Waals surface area contributed by atoms with Gasteiger partial charge in [0.05, 0.1) is 19.1 Å². The highest BCUT2D eigenvalue weighted by molar-refractivity contribution is 7.13. The molecule has 1 aromatic carbocycles. The van der Waals surface area contributed by atoms with Gasteiger partial charge < -0.3 is 24.1 Å². The molecule has 28 heavy (non-hydrogen) atoms. The van der Waals surface area contributed by atoms with Crippen LogP contribution in [0.25, 0.3) is 10.6 Å². The Labute approximate surface area is 165 Å². The maximum Gasteiger partial charge on any atom is 0.325 e. The number of benzene rings is 1. The summed E-state index contributed by atoms with van der Waals surface area (Å²) in [5.41, 5.74) is 0.793. The fourth-order valence-corrected chi connectivity index (χ4v) is 2.99. The van der Waals surface area contributed by atoms with E-state index >= 15 is 0 Å². The summed E-state index contributed by atoms with van der Waals surface area (Å²) in [6, 6.07) is 10.3. The number of carbonyl (C=O) groups is 2. The van der Waals surface area contributed by atoms with Gasteiger partial charge in [-0.3, -0.25) is 9.59 Å². The quantitative estimate of drug-likeness (QED) is 0.578. The number of thiophene rings is 1. The van der Waals surface area contributed by atoms with Gasteiger partial charge >= 0.3 is 5.97 Å². The molecule has 0 aliphatic heterocycles. The number of rotatable bonds is 8. The van der Waals surface area contributed by atoms with Crippen LogP contribution in [0, 0.1) is 0 Å². The van der Waals surface area contributed by atoms with Crippen LogP contribution in [0.3, 0.4) is 0 Å². The summed E-state index contributed by atoms with van der Waals surface area (Å²) >= 11 is 1.52. The summed E-state index contributed by atoms with van der Waals surface area (Å²) in [7, 11) is 2.98. The van der Waals surface area contributed by atoms with E-state index in [1.54, 1.807) is 24.3 Å². The Hall–Kier alpha value is -3.33. The molecule has 0 aliphatic rings. The van der Waals surface area contributed by atoms with Gasteiger partial charge in [0.2, 0.25) is 0 Å². The zero-order valence-corrected chi connectivity index (χ0v) is 16.1. The van der Waals surface area contributed by atoms with Crippen molar-refractivity contribution in [3.63, 3.8) is 0 Å². The normalized spacial score (nSPS) is 10.4. The largest absolute Gasteiger partial charge is 0.497 e. The molecule has 1 amide bonds. The zero-order valence-electron chi connectivity index (χ0n) is 15.3. The van der Waals surface area contributed by atoms with Crippen LogP contribution in [0.15, 0.2) is 46.3 Å². The fraction of sp³-hybridized carbons (Fsp3) is 0.211. The van der Waals surface area contributed by atoms with Crippen LogP contribution in [0.2, 0.25) is 0 Å². The number of methoxy groups -OCH3 is 2. The van der Waals surface area contributed by atoms with E-state index in [1.165, 1.54) is 25.6 Å². The number of nitrogens with one attached hydrogen (secondary N) is 1. The minimum Gasteiger partial charge on any atom is -0.497 e.